The Morgan fingerprint density at radius 1 is 1.16 bits per heavy atom. The van der Waals surface area contributed by atoms with Crippen LogP contribution in [0.25, 0.3) is 22.6 Å². The van der Waals surface area contributed by atoms with Gasteiger partial charge in [-0.05, 0) is 31.2 Å². The van der Waals surface area contributed by atoms with Gasteiger partial charge in [0.05, 0.1) is 12.7 Å². The molecule has 0 saturated carbocycles. The lowest BCUT2D eigenvalue weighted by Gasteiger charge is -2.01. The third-order valence-corrected chi connectivity index (χ3v) is 3.03. The summed E-state index contributed by atoms with van der Waals surface area (Å²) in [6.45, 7) is 2.01. The number of nitrogens with zero attached hydrogens (tertiary/aromatic N) is 1. The zero-order valence-electron chi connectivity index (χ0n) is 10.8. The SMILES string of the molecule is COc1ccc2oc(-c3cc(C)ccc3N)nc2c1. The van der Waals surface area contributed by atoms with Crippen molar-refractivity contribution < 1.29 is 9.15 Å². The van der Waals surface area contributed by atoms with E-state index in [0.29, 0.717) is 11.6 Å². The lowest BCUT2D eigenvalue weighted by molar-refractivity contribution is 0.415. The Morgan fingerprint density at radius 3 is 2.79 bits per heavy atom. The van der Waals surface area contributed by atoms with Crippen LogP contribution in [0.1, 0.15) is 5.56 Å². The van der Waals surface area contributed by atoms with Crippen LogP contribution in [0.2, 0.25) is 0 Å². The van der Waals surface area contributed by atoms with Crippen molar-refractivity contribution >= 4 is 16.8 Å². The predicted octanol–water partition coefficient (Wildman–Crippen LogP) is 3.39. The van der Waals surface area contributed by atoms with Crippen molar-refractivity contribution in [2.45, 2.75) is 6.92 Å². The number of oxazole rings is 1. The zero-order valence-corrected chi connectivity index (χ0v) is 10.8. The second-order valence-corrected chi connectivity index (χ2v) is 4.44. The molecule has 0 saturated heterocycles. The summed E-state index contributed by atoms with van der Waals surface area (Å²) in [6.07, 6.45) is 0. The number of rotatable bonds is 2. The number of nitrogen functional groups attached to an aromatic ring is 1. The third kappa shape index (κ3) is 2.01. The molecule has 2 aromatic carbocycles. The van der Waals surface area contributed by atoms with Gasteiger partial charge in [0.2, 0.25) is 5.89 Å². The number of methoxy groups -OCH3 is 1. The normalized spacial score (nSPS) is 10.8. The van der Waals surface area contributed by atoms with Crippen LogP contribution in [0.4, 0.5) is 5.69 Å². The summed E-state index contributed by atoms with van der Waals surface area (Å²) < 4.78 is 10.9. The maximum absolute atomic E-state index is 5.97. The van der Waals surface area contributed by atoms with Gasteiger partial charge in [0.15, 0.2) is 5.58 Å². The van der Waals surface area contributed by atoms with E-state index in [1.54, 1.807) is 7.11 Å². The van der Waals surface area contributed by atoms with Gasteiger partial charge in [0, 0.05) is 11.8 Å². The molecule has 0 radical (unpaired) electrons. The molecule has 0 fully saturated rings. The summed E-state index contributed by atoms with van der Waals surface area (Å²) in [5.41, 5.74) is 10.0. The number of benzene rings is 2. The van der Waals surface area contributed by atoms with Crippen LogP contribution in [0.5, 0.6) is 5.75 Å². The summed E-state index contributed by atoms with van der Waals surface area (Å²) in [5, 5.41) is 0. The van der Waals surface area contributed by atoms with Gasteiger partial charge in [0.1, 0.15) is 11.3 Å². The standard InChI is InChI=1S/C15H14N2O2/c1-9-3-5-12(16)11(7-9)15-17-13-8-10(18-2)4-6-14(13)19-15/h3-8H,16H2,1-2H3. The molecule has 19 heavy (non-hydrogen) atoms. The molecular formula is C15H14N2O2. The minimum atomic E-state index is 0.532. The first kappa shape index (κ1) is 11.6. The van der Waals surface area contributed by atoms with E-state index in [2.05, 4.69) is 4.98 Å². The third-order valence-electron chi connectivity index (χ3n) is 3.03. The highest BCUT2D eigenvalue weighted by atomic mass is 16.5. The van der Waals surface area contributed by atoms with Gasteiger partial charge < -0.3 is 14.9 Å². The highest BCUT2D eigenvalue weighted by molar-refractivity contribution is 5.80. The Morgan fingerprint density at radius 2 is 2.00 bits per heavy atom. The van der Waals surface area contributed by atoms with Gasteiger partial charge >= 0.3 is 0 Å². The summed E-state index contributed by atoms with van der Waals surface area (Å²) in [5.74, 6) is 1.29. The van der Waals surface area contributed by atoms with E-state index in [4.69, 9.17) is 14.9 Å². The Hall–Kier alpha value is -2.49. The fraction of sp³-hybridized carbons (Fsp3) is 0.133. The molecule has 0 atom stereocenters. The van der Waals surface area contributed by atoms with E-state index >= 15 is 0 Å². The van der Waals surface area contributed by atoms with Crippen LogP contribution < -0.4 is 10.5 Å². The van der Waals surface area contributed by atoms with E-state index < -0.39 is 0 Å². The van der Waals surface area contributed by atoms with Crippen molar-refractivity contribution in [3.8, 4) is 17.2 Å². The second-order valence-electron chi connectivity index (χ2n) is 4.44. The van der Waals surface area contributed by atoms with E-state index in [1.807, 2.05) is 43.3 Å². The first-order chi connectivity index (χ1) is 9.17. The number of hydrogen-bond donors (Lipinski definition) is 1. The van der Waals surface area contributed by atoms with Crippen molar-refractivity contribution in [1.82, 2.24) is 4.98 Å². The Bertz CT molecular complexity index is 747. The molecule has 96 valence electrons. The lowest BCUT2D eigenvalue weighted by Crippen LogP contribution is -1.90. The smallest absolute Gasteiger partial charge is 0.229 e. The minimum absolute atomic E-state index is 0.532. The largest absolute Gasteiger partial charge is 0.497 e. The number of ether oxygens (including phenoxy) is 1. The Balaban J connectivity index is 2.17. The van der Waals surface area contributed by atoms with Gasteiger partial charge in [-0.1, -0.05) is 11.6 Å². The van der Waals surface area contributed by atoms with Crippen molar-refractivity contribution in [2.75, 3.05) is 12.8 Å². The number of anilines is 1. The Labute approximate surface area is 110 Å². The van der Waals surface area contributed by atoms with Gasteiger partial charge in [-0.3, -0.25) is 0 Å². The molecule has 3 aromatic rings. The van der Waals surface area contributed by atoms with Crippen LogP contribution in [-0.4, -0.2) is 12.1 Å². The topological polar surface area (TPSA) is 61.3 Å². The molecule has 0 amide bonds. The number of aryl methyl sites for hydroxylation is 1. The summed E-state index contributed by atoms with van der Waals surface area (Å²) in [6, 6.07) is 11.3. The monoisotopic (exact) mass is 254 g/mol. The number of hydrogen-bond acceptors (Lipinski definition) is 4. The molecule has 0 bridgehead atoms. The van der Waals surface area contributed by atoms with Gasteiger partial charge in [-0.2, -0.15) is 0 Å². The molecule has 1 heterocycles. The van der Waals surface area contributed by atoms with Crippen molar-refractivity contribution in [3.05, 3.63) is 42.0 Å². The van der Waals surface area contributed by atoms with Crippen molar-refractivity contribution in [1.29, 1.82) is 0 Å². The molecule has 0 unspecified atom stereocenters. The molecule has 3 rings (SSSR count). The molecule has 4 nitrogen and oxygen atoms in total. The Kier molecular flexibility index (Phi) is 2.63. The average molecular weight is 254 g/mol. The molecule has 0 aliphatic rings. The highest BCUT2D eigenvalue weighted by Crippen LogP contribution is 2.30. The maximum Gasteiger partial charge on any atom is 0.229 e. The quantitative estimate of drug-likeness (QED) is 0.712. The molecule has 0 spiro atoms. The maximum atomic E-state index is 5.97. The molecule has 4 heteroatoms. The lowest BCUT2D eigenvalue weighted by atomic mass is 10.1. The molecule has 0 aliphatic heterocycles. The van der Waals surface area contributed by atoms with E-state index in [0.717, 1.165) is 28.0 Å². The molecular weight excluding hydrogens is 240 g/mol. The van der Waals surface area contributed by atoms with E-state index in [1.165, 1.54) is 0 Å². The van der Waals surface area contributed by atoms with Gasteiger partial charge in [-0.15, -0.1) is 0 Å². The van der Waals surface area contributed by atoms with Crippen LogP contribution in [-0.2, 0) is 0 Å². The van der Waals surface area contributed by atoms with Crippen LogP contribution >= 0.6 is 0 Å². The number of fused-ring (bicyclic) bond motifs is 1. The number of nitrogens with two attached hydrogens (primary N) is 1. The summed E-state index contributed by atoms with van der Waals surface area (Å²) >= 11 is 0. The van der Waals surface area contributed by atoms with Gasteiger partial charge in [0.25, 0.3) is 0 Å². The van der Waals surface area contributed by atoms with Gasteiger partial charge in [-0.25, -0.2) is 4.98 Å². The summed E-state index contributed by atoms with van der Waals surface area (Å²) in [7, 11) is 1.63. The second kappa shape index (κ2) is 4.31. The molecule has 1 aromatic heterocycles. The fourth-order valence-electron chi connectivity index (χ4n) is 2.00. The zero-order chi connectivity index (χ0) is 13.4. The first-order valence-electron chi connectivity index (χ1n) is 5.98. The highest BCUT2D eigenvalue weighted by Gasteiger charge is 2.11. The molecule has 0 aliphatic carbocycles. The minimum Gasteiger partial charge on any atom is -0.497 e. The van der Waals surface area contributed by atoms with Crippen LogP contribution in [0, 0.1) is 6.92 Å². The van der Waals surface area contributed by atoms with Crippen molar-refractivity contribution in [3.63, 3.8) is 0 Å². The molecule has 2 N–H and O–H groups in total. The van der Waals surface area contributed by atoms with Crippen LogP contribution in [0.3, 0.4) is 0 Å². The predicted molar refractivity (Wildman–Crippen MR) is 75.1 cm³/mol. The average Bonchev–Trinajstić information content (AvgIpc) is 2.83. The van der Waals surface area contributed by atoms with Crippen molar-refractivity contribution in [2.24, 2.45) is 0 Å². The van der Waals surface area contributed by atoms with Crippen LogP contribution in [0.15, 0.2) is 40.8 Å². The summed E-state index contributed by atoms with van der Waals surface area (Å²) in [4.78, 5) is 4.47. The number of aromatic nitrogens is 1. The van der Waals surface area contributed by atoms with E-state index in [-0.39, 0.29) is 0 Å². The first-order valence-corrected chi connectivity index (χ1v) is 5.98. The fourth-order valence-corrected chi connectivity index (χ4v) is 2.00. The van der Waals surface area contributed by atoms with E-state index in [9.17, 15) is 0 Å².